The Kier molecular flexibility index (Phi) is 5.59. The summed E-state index contributed by atoms with van der Waals surface area (Å²) < 4.78 is 11.4. The quantitative estimate of drug-likeness (QED) is 0.793. The van der Waals surface area contributed by atoms with Crippen LogP contribution in [0.3, 0.4) is 0 Å². The standard InChI is InChI=1S/C19H20ClNO3/c20-16-11-9-15(10-12-16)14-23-19(22)21-13-5-4-8-18(21)24-17-6-2-1-3-7-17/h1-3,6-7,9-12,18H,4-5,8,13-14H2. The van der Waals surface area contributed by atoms with Crippen LogP contribution in [-0.4, -0.2) is 23.8 Å². The van der Waals surface area contributed by atoms with Crippen molar-refractivity contribution in [3.63, 3.8) is 0 Å². The maximum Gasteiger partial charge on any atom is 0.413 e. The third kappa shape index (κ3) is 4.42. The molecule has 0 aliphatic carbocycles. The molecule has 1 aliphatic heterocycles. The minimum atomic E-state index is -0.342. The lowest BCUT2D eigenvalue weighted by Gasteiger charge is -2.34. The van der Waals surface area contributed by atoms with Crippen molar-refractivity contribution in [3.05, 3.63) is 65.2 Å². The van der Waals surface area contributed by atoms with Crippen molar-refractivity contribution in [3.8, 4) is 5.75 Å². The van der Waals surface area contributed by atoms with Crippen LogP contribution < -0.4 is 4.74 Å². The summed E-state index contributed by atoms with van der Waals surface area (Å²) in [5.41, 5.74) is 0.908. The lowest BCUT2D eigenvalue weighted by molar-refractivity contribution is -0.00843. The summed E-state index contributed by atoms with van der Waals surface area (Å²) >= 11 is 5.86. The number of carbonyl (C=O) groups excluding carboxylic acids is 1. The van der Waals surface area contributed by atoms with Gasteiger partial charge in [0.05, 0.1) is 0 Å². The second kappa shape index (κ2) is 8.06. The van der Waals surface area contributed by atoms with E-state index < -0.39 is 0 Å². The first kappa shape index (κ1) is 16.7. The Bertz CT molecular complexity index is 660. The number of nitrogens with zero attached hydrogens (tertiary/aromatic N) is 1. The third-order valence-corrected chi connectivity index (χ3v) is 4.23. The van der Waals surface area contributed by atoms with Gasteiger partial charge in [-0.15, -0.1) is 0 Å². The van der Waals surface area contributed by atoms with Crippen LogP contribution in [0.25, 0.3) is 0 Å². The highest BCUT2D eigenvalue weighted by atomic mass is 35.5. The molecule has 1 saturated heterocycles. The number of benzene rings is 2. The third-order valence-electron chi connectivity index (χ3n) is 3.97. The second-order valence-corrected chi connectivity index (χ2v) is 6.19. The van der Waals surface area contributed by atoms with E-state index in [2.05, 4.69) is 0 Å². The molecule has 5 heteroatoms. The first-order chi connectivity index (χ1) is 11.7. The summed E-state index contributed by atoms with van der Waals surface area (Å²) in [6.45, 7) is 0.876. The van der Waals surface area contributed by atoms with Gasteiger partial charge in [-0.25, -0.2) is 4.79 Å². The summed E-state index contributed by atoms with van der Waals surface area (Å²) in [4.78, 5) is 14.1. The molecule has 126 valence electrons. The molecule has 0 spiro atoms. The molecule has 1 aliphatic rings. The SMILES string of the molecule is O=C(OCc1ccc(Cl)cc1)N1CCCCC1Oc1ccccc1. The van der Waals surface area contributed by atoms with Gasteiger partial charge in [-0.2, -0.15) is 0 Å². The lowest BCUT2D eigenvalue weighted by Crippen LogP contribution is -2.47. The van der Waals surface area contributed by atoms with E-state index in [0.717, 1.165) is 30.6 Å². The molecule has 24 heavy (non-hydrogen) atoms. The van der Waals surface area contributed by atoms with Crippen LogP contribution in [0.5, 0.6) is 5.75 Å². The van der Waals surface area contributed by atoms with Crippen molar-refractivity contribution in [2.75, 3.05) is 6.54 Å². The molecular formula is C19H20ClNO3. The summed E-state index contributed by atoms with van der Waals surface area (Å²) in [6, 6.07) is 16.8. The van der Waals surface area contributed by atoms with Crippen molar-refractivity contribution >= 4 is 17.7 Å². The summed E-state index contributed by atoms with van der Waals surface area (Å²) in [6.07, 6.45) is 2.19. The van der Waals surface area contributed by atoms with E-state index in [1.165, 1.54) is 0 Å². The topological polar surface area (TPSA) is 38.8 Å². The fourth-order valence-electron chi connectivity index (χ4n) is 2.70. The number of ether oxygens (including phenoxy) is 2. The summed E-state index contributed by atoms with van der Waals surface area (Å²) in [7, 11) is 0. The molecule has 1 unspecified atom stereocenters. The van der Waals surface area contributed by atoms with E-state index >= 15 is 0 Å². The van der Waals surface area contributed by atoms with Gasteiger partial charge in [0.25, 0.3) is 0 Å². The van der Waals surface area contributed by atoms with E-state index in [-0.39, 0.29) is 18.9 Å². The Balaban J connectivity index is 1.59. The van der Waals surface area contributed by atoms with Gasteiger partial charge in [0.1, 0.15) is 12.4 Å². The van der Waals surface area contributed by atoms with Gasteiger partial charge < -0.3 is 9.47 Å². The lowest BCUT2D eigenvalue weighted by atomic mass is 10.1. The number of likely N-dealkylation sites (tertiary alicyclic amines) is 1. The number of hydrogen-bond donors (Lipinski definition) is 0. The van der Waals surface area contributed by atoms with E-state index in [0.29, 0.717) is 11.6 Å². The Hall–Kier alpha value is -2.20. The maximum atomic E-state index is 12.4. The number of carbonyl (C=O) groups is 1. The van der Waals surface area contributed by atoms with Crippen molar-refractivity contribution < 1.29 is 14.3 Å². The fraction of sp³-hybridized carbons (Fsp3) is 0.316. The number of rotatable bonds is 4. The predicted octanol–water partition coefficient (Wildman–Crippen LogP) is 4.87. The van der Waals surface area contributed by atoms with Crippen molar-refractivity contribution in [1.29, 1.82) is 0 Å². The second-order valence-electron chi connectivity index (χ2n) is 5.76. The van der Waals surface area contributed by atoms with Gasteiger partial charge in [-0.1, -0.05) is 41.9 Å². The number of hydrogen-bond acceptors (Lipinski definition) is 3. The maximum absolute atomic E-state index is 12.4. The number of halogens is 1. The zero-order valence-corrected chi connectivity index (χ0v) is 14.1. The zero-order chi connectivity index (χ0) is 16.8. The van der Waals surface area contributed by atoms with E-state index in [9.17, 15) is 4.79 Å². The molecule has 0 radical (unpaired) electrons. The minimum Gasteiger partial charge on any atom is -0.470 e. The van der Waals surface area contributed by atoms with Gasteiger partial charge in [0.15, 0.2) is 6.23 Å². The van der Waals surface area contributed by atoms with Crippen LogP contribution in [0.15, 0.2) is 54.6 Å². The van der Waals surface area contributed by atoms with Gasteiger partial charge in [-0.05, 0) is 42.7 Å². The molecule has 0 N–H and O–H groups in total. The zero-order valence-electron chi connectivity index (χ0n) is 13.4. The fourth-order valence-corrected chi connectivity index (χ4v) is 2.82. The Labute approximate surface area is 146 Å². The number of amides is 1. The number of piperidine rings is 1. The summed E-state index contributed by atoms with van der Waals surface area (Å²) in [5.74, 6) is 0.764. The van der Waals surface area contributed by atoms with Crippen LogP contribution in [-0.2, 0) is 11.3 Å². The monoisotopic (exact) mass is 345 g/mol. The van der Waals surface area contributed by atoms with Crippen molar-refractivity contribution in [2.24, 2.45) is 0 Å². The molecule has 1 amide bonds. The predicted molar refractivity (Wildman–Crippen MR) is 93.1 cm³/mol. The molecule has 0 bridgehead atoms. The Morgan fingerprint density at radius 3 is 2.58 bits per heavy atom. The molecule has 1 atom stereocenters. The average molecular weight is 346 g/mol. The summed E-state index contributed by atoms with van der Waals surface area (Å²) in [5, 5.41) is 0.664. The van der Waals surface area contributed by atoms with Crippen molar-refractivity contribution in [2.45, 2.75) is 32.1 Å². The molecule has 0 saturated carbocycles. The highest BCUT2D eigenvalue weighted by Gasteiger charge is 2.29. The van der Waals surface area contributed by atoms with Crippen molar-refractivity contribution in [1.82, 2.24) is 4.90 Å². The molecule has 0 aromatic heterocycles. The van der Waals surface area contributed by atoms with Gasteiger partial charge in [0.2, 0.25) is 0 Å². The highest BCUT2D eigenvalue weighted by molar-refractivity contribution is 6.30. The minimum absolute atomic E-state index is 0.227. The van der Waals surface area contributed by atoms with Gasteiger partial charge in [0, 0.05) is 18.0 Å². The molecule has 4 nitrogen and oxygen atoms in total. The Morgan fingerprint density at radius 2 is 1.83 bits per heavy atom. The normalized spacial score (nSPS) is 17.4. The van der Waals surface area contributed by atoms with Gasteiger partial charge >= 0.3 is 6.09 Å². The molecule has 2 aromatic rings. The smallest absolute Gasteiger partial charge is 0.413 e. The Morgan fingerprint density at radius 1 is 1.08 bits per heavy atom. The molecule has 2 aromatic carbocycles. The van der Waals surface area contributed by atoms with E-state index in [4.69, 9.17) is 21.1 Å². The van der Waals surface area contributed by atoms with Crippen LogP contribution in [0.2, 0.25) is 5.02 Å². The largest absolute Gasteiger partial charge is 0.470 e. The van der Waals surface area contributed by atoms with Crippen LogP contribution in [0, 0.1) is 0 Å². The molecular weight excluding hydrogens is 326 g/mol. The first-order valence-electron chi connectivity index (χ1n) is 8.12. The van der Waals surface area contributed by atoms with E-state index in [1.807, 2.05) is 42.5 Å². The molecule has 1 fully saturated rings. The van der Waals surface area contributed by atoms with E-state index in [1.54, 1.807) is 17.0 Å². The average Bonchev–Trinajstić information content (AvgIpc) is 2.62. The first-order valence-corrected chi connectivity index (χ1v) is 8.50. The highest BCUT2D eigenvalue weighted by Crippen LogP contribution is 2.22. The van der Waals surface area contributed by atoms with Crippen LogP contribution >= 0.6 is 11.6 Å². The van der Waals surface area contributed by atoms with Crippen LogP contribution in [0.1, 0.15) is 24.8 Å². The number of para-hydroxylation sites is 1. The van der Waals surface area contributed by atoms with Gasteiger partial charge in [-0.3, -0.25) is 4.90 Å². The van der Waals surface area contributed by atoms with Crippen LogP contribution in [0.4, 0.5) is 4.79 Å². The molecule has 1 heterocycles. The molecule has 3 rings (SSSR count).